The third-order valence-electron chi connectivity index (χ3n) is 4.62. The second-order valence-electron chi connectivity index (χ2n) is 8.12. The predicted octanol–water partition coefficient (Wildman–Crippen LogP) is 2.63. The molecule has 2 fully saturated rings. The van der Waals surface area contributed by atoms with E-state index in [1.807, 2.05) is 20.8 Å². The van der Waals surface area contributed by atoms with Gasteiger partial charge >= 0.3 is 6.03 Å². The number of urea groups is 1. The van der Waals surface area contributed by atoms with Crippen LogP contribution in [0.4, 0.5) is 10.5 Å². The summed E-state index contributed by atoms with van der Waals surface area (Å²) in [5, 5.41) is 5.82. The molecule has 0 bridgehead atoms. The van der Waals surface area contributed by atoms with E-state index in [4.69, 9.17) is 9.47 Å². The quantitative estimate of drug-likeness (QED) is 0.851. The van der Waals surface area contributed by atoms with Crippen molar-refractivity contribution in [2.24, 2.45) is 0 Å². The van der Waals surface area contributed by atoms with Gasteiger partial charge in [0.15, 0.2) is 0 Å². The Labute approximate surface area is 160 Å². The Kier molecular flexibility index (Phi) is 6.01. The second-order valence-corrected chi connectivity index (χ2v) is 8.12. The van der Waals surface area contributed by atoms with Gasteiger partial charge in [0.1, 0.15) is 6.10 Å². The Morgan fingerprint density at radius 3 is 2.63 bits per heavy atom. The summed E-state index contributed by atoms with van der Waals surface area (Å²) in [6.07, 6.45) is 2.02. The van der Waals surface area contributed by atoms with E-state index in [9.17, 15) is 9.59 Å². The van der Waals surface area contributed by atoms with E-state index in [1.165, 1.54) is 0 Å². The first-order chi connectivity index (χ1) is 12.8. The van der Waals surface area contributed by atoms with Crippen LogP contribution in [0.1, 0.15) is 44.0 Å². The van der Waals surface area contributed by atoms with Gasteiger partial charge in [-0.05, 0) is 51.8 Å². The summed E-state index contributed by atoms with van der Waals surface area (Å²) in [6, 6.07) is 6.79. The monoisotopic (exact) mass is 375 g/mol. The molecule has 3 rings (SSSR count). The van der Waals surface area contributed by atoms with Crippen LogP contribution in [0.15, 0.2) is 24.3 Å². The van der Waals surface area contributed by atoms with Crippen molar-refractivity contribution >= 4 is 17.6 Å². The SMILES string of the molecule is CC(C)(C)NC(=O)c1cccc(NC(=O)N2CCOC(C3CCCO3)C2)c1. The molecule has 2 aliphatic rings. The van der Waals surface area contributed by atoms with Gasteiger partial charge in [-0.3, -0.25) is 4.79 Å². The lowest BCUT2D eigenvalue weighted by Gasteiger charge is -2.35. The highest BCUT2D eigenvalue weighted by Crippen LogP contribution is 2.21. The smallest absolute Gasteiger partial charge is 0.322 e. The second kappa shape index (κ2) is 8.27. The van der Waals surface area contributed by atoms with Gasteiger partial charge in [-0.15, -0.1) is 0 Å². The molecule has 148 valence electrons. The molecule has 2 aliphatic heterocycles. The summed E-state index contributed by atoms with van der Waals surface area (Å²) < 4.78 is 11.5. The molecule has 0 saturated carbocycles. The molecule has 2 atom stereocenters. The Hall–Kier alpha value is -2.12. The molecular formula is C20H29N3O4. The van der Waals surface area contributed by atoms with E-state index in [1.54, 1.807) is 29.2 Å². The van der Waals surface area contributed by atoms with E-state index >= 15 is 0 Å². The number of amides is 3. The van der Waals surface area contributed by atoms with Crippen LogP contribution in [-0.2, 0) is 9.47 Å². The number of hydrogen-bond acceptors (Lipinski definition) is 4. The van der Waals surface area contributed by atoms with Crippen LogP contribution in [0.2, 0.25) is 0 Å². The number of carbonyl (C=O) groups excluding carboxylic acids is 2. The van der Waals surface area contributed by atoms with Crippen LogP contribution in [0.5, 0.6) is 0 Å². The van der Waals surface area contributed by atoms with Crippen molar-refractivity contribution in [3.63, 3.8) is 0 Å². The Morgan fingerprint density at radius 2 is 1.93 bits per heavy atom. The number of rotatable bonds is 3. The first kappa shape index (κ1) is 19.6. The lowest BCUT2D eigenvalue weighted by molar-refractivity contribution is -0.0839. The highest BCUT2D eigenvalue weighted by molar-refractivity contribution is 5.97. The zero-order chi connectivity index (χ0) is 19.4. The summed E-state index contributed by atoms with van der Waals surface area (Å²) in [7, 11) is 0. The van der Waals surface area contributed by atoms with E-state index in [0.29, 0.717) is 30.9 Å². The number of anilines is 1. The maximum absolute atomic E-state index is 12.7. The minimum Gasteiger partial charge on any atom is -0.375 e. The molecule has 0 aromatic heterocycles. The number of ether oxygens (including phenoxy) is 2. The molecule has 3 amide bonds. The Morgan fingerprint density at radius 1 is 1.15 bits per heavy atom. The molecule has 1 aromatic rings. The van der Waals surface area contributed by atoms with Crippen LogP contribution in [0, 0.1) is 0 Å². The number of hydrogen-bond donors (Lipinski definition) is 2. The third-order valence-corrected chi connectivity index (χ3v) is 4.62. The zero-order valence-electron chi connectivity index (χ0n) is 16.3. The maximum Gasteiger partial charge on any atom is 0.322 e. The third kappa shape index (κ3) is 5.43. The van der Waals surface area contributed by atoms with Gasteiger partial charge < -0.3 is 25.0 Å². The number of nitrogens with one attached hydrogen (secondary N) is 2. The zero-order valence-corrected chi connectivity index (χ0v) is 16.3. The van der Waals surface area contributed by atoms with Gasteiger partial charge in [0.2, 0.25) is 0 Å². The molecule has 2 unspecified atom stereocenters. The molecule has 2 heterocycles. The molecule has 7 nitrogen and oxygen atoms in total. The standard InChI is InChI=1S/C20H29N3O4/c1-20(2,3)22-18(24)14-6-4-7-15(12-14)21-19(25)23-9-11-27-17(13-23)16-8-5-10-26-16/h4,6-7,12,16-17H,5,8-11,13H2,1-3H3,(H,21,25)(H,22,24). The molecule has 7 heteroatoms. The van der Waals surface area contributed by atoms with Crippen molar-refractivity contribution < 1.29 is 19.1 Å². The van der Waals surface area contributed by atoms with Crippen LogP contribution in [0.3, 0.4) is 0 Å². The highest BCUT2D eigenvalue weighted by atomic mass is 16.5. The van der Waals surface area contributed by atoms with Crippen molar-refractivity contribution in [3.8, 4) is 0 Å². The molecular weight excluding hydrogens is 346 g/mol. The van der Waals surface area contributed by atoms with Gasteiger partial charge in [-0.2, -0.15) is 0 Å². The van der Waals surface area contributed by atoms with Crippen molar-refractivity contribution in [2.75, 3.05) is 31.6 Å². The lowest BCUT2D eigenvalue weighted by Crippen LogP contribution is -2.51. The lowest BCUT2D eigenvalue weighted by atomic mass is 10.1. The van der Waals surface area contributed by atoms with Gasteiger partial charge in [0.25, 0.3) is 5.91 Å². The molecule has 0 aliphatic carbocycles. The number of nitrogens with zero attached hydrogens (tertiary/aromatic N) is 1. The molecule has 27 heavy (non-hydrogen) atoms. The fraction of sp³-hybridized carbons (Fsp3) is 0.600. The topological polar surface area (TPSA) is 79.9 Å². The van der Waals surface area contributed by atoms with Crippen molar-refractivity contribution in [1.29, 1.82) is 0 Å². The summed E-state index contributed by atoms with van der Waals surface area (Å²) in [6.45, 7) is 8.12. The van der Waals surface area contributed by atoms with Gasteiger partial charge in [0, 0.05) is 29.9 Å². The Bertz CT molecular complexity index is 680. The van der Waals surface area contributed by atoms with Crippen LogP contribution in [-0.4, -0.2) is 60.9 Å². The number of morpholine rings is 1. The van der Waals surface area contributed by atoms with E-state index in [-0.39, 0.29) is 29.7 Å². The fourth-order valence-corrected chi connectivity index (χ4v) is 3.33. The van der Waals surface area contributed by atoms with Crippen LogP contribution >= 0.6 is 0 Å². The fourth-order valence-electron chi connectivity index (χ4n) is 3.33. The molecule has 2 saturated heterocycles. The van der Waals surface area contributed by atoms with Gasteiger partial charge in [0.05, 0.1) is 19.3 Å². The summed E-state index contributed by atoms with van der Waals surface area (Å²) in [5.74, 6) is -0.164. The minimum atomic E-state index is -0.318. The van der Waals surface area contributed by atoms with Crippen LogP contribution < -0.4 is 10.6 Å². The van der Waals surface area contributed by atoms with Crippen molar-refractivity contribution in [2.45, 2.75) is 51.4 Å². The van der Waals surface area contributed by atoms with Gasteiger partial charge in [-0.1, -0.05) is 6.07 Å². The van der Waals surface area contributed by atoms with E-state index in [0.717, 1.165) is 19.4 Å². The number of benzene rings is 1. The minimum absolute atomic E-state index is 0.0732. The highest BCUT2D eigenvalue weighted by Gasteiger charge is 2.32. The largest absolute Gasteiger partial charge is 0.375 e. The maximum atomic E-state index is 12.7. The Balaban J connectivity index is 1.60. The molecule has 0 spiro atoms. The first-order valence-electron chi connectivity index (χ1n) is 9.53. The summed E-state index contributed by atoms with van der Waals surface area (Å²) in [5.41, 5.74) is 0.796. The first-order valence-corrected chi connectivity index (χ1v) is 9.53. The van der Waals surface area contributed by atoms with Crippen molar-refractivity contribution in [3.05, 3.63) is 29.8 Å². The van der Waals surface area contributed by atoms with E-state index in [2.05, 4.69) is 10.6 Å². The number of carbonyl (C=O) groups is 2. The van der Waals surface area contributed by atoms with Crippen molar-refractivity contribution in [1.82, 2.24) is 10.2 Å². The average molecular weight is 375 g/mol. The van der Waals surface area contributed by atoms with Crippen LogP contribution in [0.25, 0.3) is 0 Å². The molecule has 0 radical (unpaired) electrons. The summed E-state index contributed by atoms with van der Waals surface area (Å²) >= 11 is 0. The molecule has 2 N–H and O–H groups in total. The average Bonchev–Trinajstić information content (AvgIpc) is 3.15. The summed E-state index contributed by atoms with van der Waals surface area (Å²) in [4.78, 5) is 26.7. The predicted molar refractivity (Wildman–Crippen MR) is 103 cm³/mol. The van der Waals surface area contributed by atoms with E-state index < -0.39 is 0 Å². The molecule has 1 aromatic carbocycles. The van der Waals surface area contributed by atoms with Gasteiger partial charge in [-0.25, -0.2) is 4.79 Å². The normalized spacial score (nSPS) is 23.1.